The molecule has 3 fully saturated rings. The average Bonchev–Trinajstić information content (AvgIpc) is 3.64. The van der Waals surface area contributed by atoms with Crippen molar-refractivity contribution in [2.24, 2.45) is 11.3 Å². The van der Waals surface area contributed by atoms with Gasteiger partial charge in [-0.1, -0.05) is 43.0 Å². The summed E-state index contributed by atoms with van der Waals surface area (Å²) in [5, 5.41) is 9.03. The number of carbonyl (C=O) groups excluding carboxylic acids is 1. The number of carbonyl (C=O) groups is 1. The minimum atomic E-state index is -0.342. The number of piperidine rings is 1. The third-order valence-electron chi connectivity index (χ3n) is 11.5. The number of benzene rings is 2. The zero-order chi connectivity index (χ0) is 33.5. The summed E-state index contributed by atoms with van der Waals surface area (Å²) in [5.41, 5.74) is 2.25. The minimum Gasteiger partial charge on any atom is -0.494 e. The molecule has 1 amide bonds. The highest BCUT2D eigenvalue weighted by atomic mass is 35.5. The fourth-order valence-corrected chi connectivity index (χ4v) is 8.96. The summed E-state index contributed by atoms with van der Waals surface area (Å²) < 4.78 is 21.4. The van der Waals surface area contributed by atoms with Crippen LogP contribution < -0.4 is 15.0 Å². The van der Waals surface area contributed by atoms with Crippen molar-refractivity contribution in [2.45, 2.75) is 109 Å². The van der Waals surface area contributed by atoms with Gasteiger partial charge in [-0.2, -0.15) is 5.10 Å². The van der Waals surface area contributed by atoms with Crippen molar-refractivity contribution in [2.75, 3.05) is 31.6 Å². The molecule has 2 heterocycles. The molecule has 2 aliphatic carbocycles. The van der Waals surface area contributed by atoms with Gasteiger partial charge in [-0.15, -0.1) is 0 Å². The lowest BCUT2D eigenvalue weighted by Crippen LogP contribution is -2.56. The molecule has 8 nitrogen and oxygen atoms in total. The number of hydrogen-bond acceptors (Lipinski definition) is 6. The van der Waals surface area contributed by atoms with E-state index in [1.807, 2.05) is 41.3 Å². The molecule has 0 radical (unpaired) electrons. The molecule has 48 heavy (non-hydrogen) atoms. The summed E-state index contributed by atoms with van der Waals surface area (Å²) in [6.07, 6.45) is 16.6. The number of rotatable bonds is 12. The molecule has 3 aromatic rings. The second kappa shape index (κ2) is 16.0. The molecule has 1 aromatic heterocycles. The van der Waals surface area contributed by atoms with Gasteiger partial charge in [-0.3, -0.25) is 9.48 Å². The number of nitrogens with zero attached hydrogens (tertiary/aromatic N) is 5. The van der Waals surface area contributed by atoms with Gasteiger partial charge in [0, 0.05) is 55.0 Å². The molecule has 6 rings (SSSR count). The molecule has 0 spiro atoms. The van der Waals surface area contributed by atoms with Crippen LogP contribution in [0.15, 0.2) is 55.1 Å². The number of nitrogens with one attached hydrogen (secondary N) is 1. The lowest BCUT2D eigenvalue weighted by molar-refractivity contribution is -0.137. The van der Waals surface area contributed by atoms with Crippen LogP contribution in [0.5, 0.6) is 5.75 Å². The molecule has 1 N–H and O–H groups in total. The van der Waals surface area contributed by atoms with E-state index in [1.165, 1.54) is 45.3 Å². The van der Waals surface area contributed by atoms with Crippen molar-refractivity contribution in [1.82, 2.24) is 25.0 Å². The summed E-state index contributed by atoms with van der Waals surface area (Å²) in [6, 6.07) is 13.4. The van der Waals surface area contributed by atoms with E-state index in [2.05, 4.69) is 32.1 Å². The molecule has 1 atom stereocenters. The predicted molar refractivity (Wildman–Crippen MR) is 189 cm³/mol. The zero-order valence-electron chi connectivity index (χ0n) is 28.6. The monoisotopic (exact) mass is 678 g/mol. The lowest BCUT2D eigenvalue weighted by atomic mass is 9.63. The Labute approximate surface area is 290 Å². The van der Waals surface area contributed by atoms with E-state index < -0.39 is 0 Å². The summed E-state index contributed by atoms with van der Waals surface area (Å²) in [6.45, 7) is 5.43. The largest absolute Gasteiger partial charge is 0.494 e. The number of methoxy groups -OCH3 is 1. The van der Waals surface area contributed by atoms with Gasteiger partial charge in [0.1, 0.15) is 12.7 Å². The van der Waals surface area contributed by atoms with Crippen molar-refractivity contribution >= 4 is 23.2 Å². The van der Waals surface area contributed by atoms with Crippen molar-refractivity contribution < 1.29 is 13.9 Å². The normalized spacial score (nSPS) is 22.3. The van der Waals surface area contributed by atoms with Gasteiger partial charge in [-0.25, -0.2) is 9.37 Å². The van der Waals surface area contributed by atoms with Gasteiger partial charge in [0.05, 0.1) is 13.2 Å². The maximum absolute atomic E-state index is 14.4. The topological polar surface area (TPSA) is 75.5 Å². The zero-order valence-corrected chi connectivity index (χ0v) is 29.4. The van der Waals surface area contributed by atoms with Crippen molar-refractivity contribution in [1.29, 1.82) is 0 Å². The number of amides is 1. The number of hydrogen-bond donors (Lipinski definition) is 1. The molecule has 1 saturated heterocycles. The van der Waals surface area contributed by atoms with Crippen molar-refractivity contribution in [3.8, 4) is 5.75 Å². The predicted octanol–water partition coefficient (Wildman–Crippen LogP) is 7.31. The molecule has 2 aromatic carbocycles. The maximum atomic E-state index is 14.4. The first kappa shape index (κ1) is 34.7. The Bertz CT molecular complexity index is 1450. The highest BCUT2D eigenvalue weighted by Gasteiger charge is 2.44. The smallest absolute Gasteiger partial charge is 0.240 e. The first-order valence-corrected chi connectivity index (χ1v) is 18.5. The van der Waals surface area contributed by atoms with E-state index >= 15 is 0 Å². The van der Waals surface area contributed by atoms with Crippen LogP contribution in [0, 0.1) is 17.2 Å². The maximum Gasteiger partial charge on any atom is 0.240 e. The van der Waals surface area contributed by atoms with Crippen LogP contribution in [-0.2, 0) is 17.8 Å². The van der Waals surface area contributed by atoms with Gasteiger partial charge >= 0.3 is 0 Å². The van der Waals surface area contributed by atoms with Gasteiger partial charge in [0.15, 0.2) is 11.6 Å². The molecular formula is C38H52ClFN6O2. The number of aromatic nitrogens is 3. The minimum absolute atomic E-state index is 0.155. The van der Waals surface area contributed by atoms with Crippen LogP contribution in [0.25, 0.3) is 0 Å². The summed E-state index contributed by atoms with van der Waals surface area (Å²) in [4.78, 5) is 23.1. The quantitative estimate of drug-likeness (QED) is 0.217. The molecular weight excluding hydrogens is 627 g/mol. The van der Waals surface area contributed by atoms with Gasteiger partial charge in [-0.05, 0) is 106 Å². The highest BCUT2D eigenvalue weighted by Crippen LogP contribution is 2.47. The second-order valence-electron chi connectivity index (χ2n) is 14.3. The average molecular weight is 679 g/mol. The standard InChI is InChI=1S/C38H52ClFN6O2/c1-3-46(33-17-18-34(40)36(24-33)48-2)32-15-13-31(14-16-32)43-35(23-28-9-11-30(39)12-10-28)37(47)44-21-19-38(20-22-44,25-45-27-41-26-42-45)29-7-5-4-6-8-29/h9-12,17-18,24,26-27,29,31-32,35,43H,3-8,13-16,19-23,25H2,1-2H3/t31?,32?,35-/m1/s1. The summed E-state index contributed by atoms with van der Waals surface area (Å²) in [5.74, 6) is 0.811. The van der Waals surface area contributed by atoms with Gasteiger partial charge in [0.25, 0.3) is 0 Å². The molecule has 3 aliphatic rings. The number of halogens is 2. The van der Waals surface area contributed by atoms with E-state index in [-0.39, 0.29) is 35.0 Å². The Kier molecular flexibility index (Phi) is 11.6. The molecule has 1 aliphatic heterocycles. The molecule has 10 heteroatoms. The van der Waals surface area contributed by atoms with Crippen molar-refractivity contribution in [3.63, 3.8) is 0 Å². The van der Waals surface area contributed by atoms with Crippen LogP contribution in [0.1, 0.15) is 83.1 Å². The Balaban J connectivity index is 1.12. The van der Waals surface area contributed by atoms with Crippen molar-refractivity contribution in [3.05, 3.63) is 71.5 Å². The van der Waals surface area contributed by atoms with Crippen LogP contribution in [0.4, 0.5) is 10.1 Å². The molecule has 260 valence electrons. The van der Waals surface area contributed by atoms with E-state index in [0.717, 1.165) is 76.0 Å². The Morgan fingerprint density at radius 3 is 2.44 bits per heavy atom. The highest BCUT2D eigenvalue weighted by molar-refractivity contribution is 6.30. The van der Waals surface area contributed by atoms with E-state index in [0.29, 0.717) is 23.4 Å². The van der Waals surface area contributed by atoms with Gasteiger partial charge < -0.3 is 19.9 Å². The number of ether oxygens (including phenoxy) is 1. The molecule has 0 bridgehead atoms. The van der Waals surface area contributed by atoms with E-state index in [9.17, 15) is 9.18 Å². The first-order valence-electron chi connectivity index (χ1n) is 18.1. The van der Waals surface area contributed by atoms with Crippen LogP contribution in [0.2, 0.25) is 5.02 Å². The summed E-state index contributed by atoms with van der Waals surface area (Å²) in [7, 11) is 1.51. The first-order chi connectivity index (χ1) is 23.4. The Hall–Kier alpha value is -3.17. The van der Waals surface area contributed by atoms with Gasteiger partial charge in [0.2, 0.25) is 5.91 Å². The fraction of sp³-hybridized carbons (Fsp3) is 0.605. The van der Waals surface area contributed by atoms with Crippen LogP contribution >= 0.6 is 11.6 Å². The second-order valence-corrected chi connectivity index (χ2v) is 14.7. The fourth-order valence-electron chi connectivity index (χ4n) is 8.83. The summed E-state index contributed by atoms with van der Waals surface area (Å²) >= 11 is 6.22. The number of anilines is 1. The van der Waals surface area contributed by atoms with Crippen LogP contribution in [0.3, 0.4) is 0 Å². The SMILES string of the molecule is CCN(c1ccc(F)c(OC)c1)C1CCC(N[C@H](Cc2ccc(Cl)cc2)C(=O)N2CCC(Cn3cncn3)(C3CCCCC3)CC2)CC1. The molecule has 2 saturated carbocycles. The Morgan fingerprint density at radius 1 is 1.06 bits per heavy atom. The number of likely N-dealkylation sites (tertiary alicyclic amines) is 1. The Morgan fingerprint density at radius 2 is 1.79 bits per heavy atom. The third kappa shape index (κ3) is 8.16. The van der Waals surface area contributed by atoms with Crippen LogP contribution in [-0.4, -0.2) is 70.4 Å². The van der Waals surface area contributed by atoms with E-state index in [1.54, 1.807) is 12.4 Å². The molecule has 0 unspecified atom stereocenters. The third-order valence-corrected chi connectivity index (χ3v) is 11.8. The van der Waals surface area contributed by atoms with E-state index in [4.69, 9.17) is 16.3 Å². The lowest BCUT2D eigenvalue weighted by Gasteiger charge is -2.48.